The molecule has 1 fully saturated rings. The summed E-state index contributed by atoms with van der Waals surface area (Å²) >= 11 is 18.4. The standard InChI is InChI=1S/C42H51Cl3N2O7Si/c1-39(2,3)53-37(50)46-26-30-25-33(35(36(48)49)34(27-46)47(30)38(51)54-41(7,8)42(43,44)45)29-21-19-28(20-22-29)23-24-52-55(40(4,5)6,31-15-11-9-12-16-31)32-17-13-10-14-18-32/h9-22,30,34H,23-27H2,1-8H3,(H,48,49). The summed E-state index contributed by atoms with van der Waals surface area (Å²) in [4.78, 5) is 43.0. The van der Waals surface area contributed by atoms with Crippen molar-refractivity contribution in [2.24, 2.45) is 0 Å². The van der Waals surface area contributed by atoms with Crippen molar-refractivity contribution in [2.75, 3.05) is 19.7 Å². The molecule has 3 aromatic carbocycles. The molecule has 2 aliphatic rings. The van der Waals surface area contributed by atoms with Crippen molar-refractivity contribution in [2.45, 2.75) is 100 Å². The fourth-order valence-corrected chi connectivity index (χ4v) is 12.2. The lowest BCUT2D eigenvalue weighted by Gasteiger charge is -2.50. The van der Waals surface area contributed by atoms with Gasteiger partial charge < -0.3 is 23.9 Å². The van der Waals surface area contributed by atoms with Crippen LogP contribution in [0.4, 0.5) is 9.59 Å². The second-order valence-electron chi connectivity index (χ2n) is 16.7. The number of alkyl halides is 3. The molecule has 2 aliphatic heterocycles. The summed E-state index contributed by atoms with van der Waals surface area (Å²) in [5.41, 5.74) is -0.0191. The van der Waals surface area contributed by atoms with Gasteiger partial charge in [0.1, 0.15) is 5.60 Å². The molecule has 55 heavy (non-hydrogen) atoms. The third kappa shape index (κ3) is 9.20. The first kappa shape index (κ1) is 42.6. The van der Waals surface area contributed by atoms with Gasteiger partial charge in [-0.3, -0.25) is 4.90 Å². The quantitative estimate of drug-likeness (QED) is 0.170. The van der Waals surface area contributed by atoms with Crippen molar-refractivity contribution < 1.29 is 33.4 Å². The van der Waals surface area contributed by atoms with Crippen molar-refractivity contribution in [3.8, 4) is 0 Å². The molecular formula is C42H51Cl3N2O7Si. The average Bonchev–Trinajstić information content (AvgIpc) is 3.08. The molecule has 2 atom stereocenters. The molecule has 2 heterocycles. The van der Waals surface area contributed by atoms with Crippen molar-refractivity contribution in [3.63, 3.8) is 0 Å². The Morgan fingerprint density at radius 3 is 1.78 bits per heavy atom. The molecule has 3 aromatic rings. The minimum absolute atomic E-state index is 0.0177. The van der Waals surface area contributed by atoms with Crippen LogP contribution in [0.15, 0.2) is 90.5 Å². The molecule has 0 radical (unpaired) electrons. The van der Waals surface area contributed by atoms with Crippen molar-refractivity contribution in [3.05, 3.63) is 102 Å². The fraction of sp³-hybridized carbons (Fsp3) is 0.452. The van der Waals surface area contributed by atoms with E-state index < -0.39 is 53.6 Å². The Kier molecular flexibility index (Phi) is 12.5. The van der Waals surface area contributed by atoms with Gasteiger partial charge in [-0.25, -0.2) is 14.4 Å². The van der Waals surface area contributed by atoms with Gasteiger partial charge in [-0.1, -0.05) is 141 Å². The highest BCUT2D eigenvalue weighted by molar-refractivity contribution is 6.99. The van der Waals surface area contributed by atoms with E-state index in [9.17, 15) is 19.5 Å². The topological polar surface area (TPSA) is 106 Å². The summed E-state index contributed by atoms with van der Waals surface area (Å²) in [6.07, 6.45) is -0.666. The lowest BCUT2D eigenvalue weighted by Crippen LogP contribution is -2.66. The van der Waals surface area contributed by atoms with Gasteiger partial charge in [0, 0.05) is 19.7 Å². The third-order valence-corrected chi connectivity index (χ3v) is 16.6. The molecule has 296 valence electrons. The van der Waals surface area contributed by atoms with Gasteiger partial charge in [-0.15, -0.1) is 0 Å². The van der Waals surface area contributed by atoms with Gasteiger partial charge in [0.25, 0.3) is 8.32 Å². The molecule has 0 aliphatic carbocycles. The number of amides is 2. The predicted octanol–water partition coefficient (Wildman–Crippen LogP) is 8.62. The number of carboxylic acids is 1. The van der Waals surface area contributed by atoms with Crippen LogP contribution in [-0.4, -0.2) is 88.2 Å². The van der Waals surface area contributed by atoms with Crippen LogP contribution in [0.5, 0.6) is 0 Å². The first-order valence-electron chi connectivity index (χ1n) is 18.4. The van der Waals surface area contributed by atoms with Crippen molar-refractivity contribution in [1.29, 1.82) is 0 Å². The maximum absolute atomic E-state index is 13.8. The maximum Gasteiger partial charge on any atom is 0.411 e. The first-order valence-corrected chi connectivity index (χ1v) is 21.5. The van der Waals surface area contributed by atoms with Crippen LogP contribution in [0.1, 0.15) is 72.9 Å². The Morgan fingerprint density at radius 1 is 0.764 bits per heavy atom. The molecule has 1 N–H and O–H groups in total. The molecule has 0 aromatic heterocycles. The predicted molar refractivity (Wildman–Crippen MR) is 221 cm³/mol. The number of aliphatic carboxylic acids is 1. The second-order valence-corrected chi connectivity index (χ2v) is 23.3. The number of hydrogen-bond acceptors (Lipinski definition) is 6. The number of rotatable bonds is 9. The highest BCUT2D eigenvalue weighted by Gasteiger charge is 2.52. The Labute approximate surface area is 340 Å². The molecule has 2 amide bonds. The summed E-state index contributed by atoms with van der Waals surface area (Å²) < 4.78 is 16.5. The van der Waals surface area contributed by atoms with Crippen LogP contribution in [-0.2, 0) is 25.1 Å². The zero-order valence-electron chi connectivity index (χ0n) is 32.7. The van der Waals surface area contributed by atoms with Gasteiger partial charge in [0.05, 0.1) is 17.7 Å². The fourth-order valence-electron chi connectivity index (χ4n) is 7.49. The number of piperazine rings is 1. The van der Waals surface area contributed by atoms with Crippen LogP contribution in [0, 0.1) is 0 Å². The normalized spacial score (nSPS) is 18.2. The minimum atomic E-state index is -2.72. The van der Waals surface area contributed by atoms with Gasteiger partial charge in [-0.05, 0) is 79.6 Å². The molecule has 9 nitrogen and oxygen atoms in total. The zero-order chi connectivity index (χ0) is 40.6. The SMILES string of the molecule is CC(C)(C)OC(=O)N1CC2CC(c3ccc(CCO[Si](c4ccccc4)(c4ccccc4)C(C)(C)C)cc3)=C(C(=O)O)C(C1)N2C(=O)OC(C)(C)C(Cl)(Cl)Cl. The van der Waals surface area contributed by atoms with Crippen molar-refractivity contribution in [1.82, 2.24) is 9.80 Å². The smallest absolute Gasteiger partial charge is 0.411 e. The molecular weight excluding hydrogens is 779 g/mol. The van der Waals surface area contributed by atoms with Gasteiger partial charge >= 0.3 is 18.2 Å². The minimum Gasteiger partial charge on any atom is -0.478 e. The van der Waals surface area contributed by atoms with Crippen LogP contribution < -0.4 is 10.4 Å². The Morgan fingerprint density at radius 2 is 1.31 bits per heavy atom. The number of carboxylic acid groups (broad SMARTS) is 1. The largest absolute Gasteiger partial charge is 0.478 e. The molecule has 2 unspecified atom stereocenters. The molecule has 5 rings (SSSR count). The number of carbonyl (C=O) groups excluding carboxylic acids is 2. The van der Waals surface area contributed by atoms with E-state index in [1.165, 1.54) is 34.0 Å². The highest BCUT2D eigenvalue weighted by atomic mass is 35.6. The summed E-state index contributed by atoms with van der Waals surface area (Å²) in [6.45, 7) is 15.4. The van der Waals surface area contributed by atoms with Crippen LogP contribution in [0.25, 0.3) is 5.57 Å². The molecule has 0 spiro atoms. The Bertz CT molecular complexity index is 1850. The van der Waals surface area contributed by atoms with Crippen molar-refractivity contribution >= 4 is 77.2 Å². The Hall–Kier alpha value is -3.54. The lowest BCUT2D eigenvalue weighted by atomic mass is 9.82. The van der Waals surface area contributed by atoms with Crippen LogP contribution in [0.3, 0.4) is 0 Å². The Balaban J connectivity index is 1.44. The highest BCUT2D eigenvalue weighted by Crippen LogP contribution is 2.44. The number of nitrogens with zero attached hydrogens (tertiary/aromatic N) is 2. The maximum atomic E-state index is 13.8. The van der Waals surface area contributed by atoms with E-state index in [-0.39, 0.29) is 30.1 Å². The second kappa shape index (κ2) is 16.1. The number of carbonyl (C=O) groups is 3. The summed E-state index contributed by atoms with van der Waals surface area (Å²) in [7, 11) is -2.72. The van der Waals surface area contributed by atoms with E-state index in [1.54, 1.807) is 20.8 Å². The molecule has 2 bridgehead atoms. The van der Waals surface area contributed by atoms with E-state index in [2.05, 4.69) is 69.3 Å². The van der Waals surface area contributed by atoms with Gasteiger partial charge in [0.15, 0.2) is 5.60 Å². The van der Waals surface area contributed by atoms with Crippen LogP contribution in [0.2, 0.25) is 5.04 Å². The van der Waals surface area contributed by atoms with E-state index in [4.69, 9.17) is 48.7 Å². The number of hydrogen-bond donors (Lipinski definition) is 1. The van der Waals surface area contributed by atoms with E-state index in [0.29, 0.717) is 24.2 Å². The molecule has 13 heteroatoms. The summed E-state index contributed by atoms with van der Waals surface area (Å²) in [6, 6.07) is 27.1. The van der Waals surface area contributed by atoms with E-state index in [1.807, 2.05) is 36.4 Å². The molecule has 1 saturated heterocycles. The lowest BCUT2D eigenvalue weighted by molar-refractivity contribution is -0.134. The average molecular weight is 830 g/mol. The van der Waals surface area contributed by atoms with Crippen LogP contribution >= 0.6 is 34.8 Å². The summed E-state index contributed by atoms with van der Waals surface area (Å²) in [5, 5.41) is 13.0. The third-order valence-electron chi connectivity index (χ3n) is 10.2. The number of halogens is 3. The summed E-state index contributed by atoms with van der Waals surface area (Å²) in [5.74, 6) is -1.22. The monoisotopic (exact) mass is 828 g/mol. The van der Waals surface area contributed by atoms with Gasteiger partial charge in [0.2, 0.25) is 3.79 Å². The van der Waals surface area contributed by atoms with E-state index in [0.717, 1.165) is 5.56 Å². The number of ether oxygens (including phenoxy) is 2. The first-order chi connectivity index (χ1) is 25.6. The number of benzene rings is 3. The zero-order valence-corrected chi connectivity index (χ0v) is 36.0. The van der Waals surface area contributed by atoms with Gasteiger partial charge in [-0.2, -0.15) is 0 Å². The molecule has 0 saturated carbocycles. The number of fused-ring (bicyclic) bond motifs is 2. The van der Waals surface area contributed by atoms with E-state index >= 15 is 0 Å².